The minimum absolute atomic E-state index is 0.0107. The van der Waals surface area contributed by atoms with Crippen LogP contribution in [-0.2, 0) is 11.2 Å². The number of halogens is 2. The lowest BCUT2D eigenvalue weighted by Crippen LogP contribution is -2.31. The summed E-state index contributed by atoms with van der Waals surface area (Å²) in [6.07, 6.45) is 2.35. The van der Waals surface area contributed by atoms with Gasteiger partial charge in [-0.2, -0.15) is 0 Å². The van der Waals surface area contributed by atoms with Crippen molar-refractivity contribution in [2.45, 2.75) is 39.2 Å². The molecule has 0 amide bonds. The largest absolute Gasteiger partial charge is 0.489 e. The van der Waals surface area contributed by atoms with E-state index in [1.54, 1.807) is 0 Å². The van der Waals surface area contributed by atoms with Crippen LogP contribution in [0.15, 0.2) is 46.9 Å². The number of allylic oxidation sites excluding steroid dienone is 1. The molecule has 0 spiro atoms. The average Bonchev–Trinajstić information content (AvgIpc) is 2.72. The van der Waals surface area contributed by atoms with Gasteiger partial charge in [0, 0.05) is 24.5 Å². The van der Waals surface area contributed by atoms with Crippen LogP contribution in [0.3, 0.4) is 0 Å². The standard InChI is InChI=1S/C25H29BrFNO3/c1-17(16-28(3)14-4-13-27)30-21-8-5-19(6-9-21)25-23-11-10-22(31-18(2)29)15-20(23)7-12-24(25)26/h5-6,8-11,15,17H,4,7,12-14,16H2,1-3H3/t17-/m0/s1. The van der Waals surface area contributed by atoms with E-state index in [4.69, 9.17) is 9.47 Å². The van der Waals surface area contributed by atoms with Crippen LogP contribution in [0.25, 0.3) is 5.57 Å². The first-order valence-electron chi connectivity index (χ1n) is 10.6. The molecular weight excluding hydrogens is 461 g/mol. The average molecular weight is 490 g/mol. The first kappa shape index (κ1) is 23.5. The number of rotatable bonds is 9. The third-order valence-electron chi connectivity index (χ3n) is 5.22. The molecule has 1 aliphatic rings. The normalized spacial score (nSPS) is 14.4. The Hall–Kier alpha value is -2.18. The summed E-state index contributed by atoms with van der Waals surface area (Å²) in [7, 11) is 1.98. The van der Waals surface area contributed by atoms with Crippen LogP contribution in [0.2, 0.25) is 0 Å². The molecule has 0 heterocycles. The van der Waals surface area contributed by atoms with Gasteiger partial charge in [0.05, 0.1) is 6.67 Å². The molecule has 3 rings (SSSR count). The van der Waals surface area contributed by atoms with Crippen molar-refractivity contribution in [3.05, 3.63) is 63.6 Å². The number of likely N-dealkylation sites (N-methyl/N-ethyl adjacent to an activating group) is 1. The lowest BCUT2D eigenvalue weighted by Gasteiger charge is -2.23. The van der Waals surface area contributed by atoms with Crippen molar-refractivity contribution in [3.63, 3.8) is 0 Å². The fraction of sp³-hybridized carbons (Fsp3) is 0.400. The van der Waals surface area contributed by atoms with Crippen LogP contribution in [0.1, 0.15) is 43.4 Å². The highest BCUT2D eigenvalue weighted by Crippen LogP contribution is 2.40. The Labute approximate surface area is 192 Å². The van der Waals surface area contributed by atoms with Gasteiger partial charge in [0.15, 0.2) is 0 Å². The lowest BCUT2D eigenvalue weighted by molar-refractivity contribution is -0.131. The Balaban J connectivity index is 1.73. The molecule has 166 valence electrons. The van der Waals surface area contributed by atoms with Crippen molar-refractivity contribution in [1.82, 2.24) is 4.90 Å². The van der Waals surface area contributed by atoms with Crippen LogP contribution in [-0.4, -0.2) is 43.8 Å². The minimum atomic E-state index is -0.314. The predicted octanol–water partition coefficient (Wildman–Crippen LogP) is 5.77. The van der Waals surface area contributed by atoms with Crippen LogP contribution in [0, 0.1) is 0 Å². The van der Waals surface area contributed by atoms with Crippen molar-refractivity contribution >= 4 is 27.5 Å². The summed E-state index contributed by atoms with van der Waals surface area (Å²) in [5.41, 5.74) is 4.57. The molecule has 0 radical (unpaired) electrons. The molecule has 0 saturated carbocycles. The summed E-state index contributed by atoms with van der Waals surface area (Å²) in [4.78, 5) is 13.4. The smallest absolute Gasteiger partial charge is 0.308 e. The van der Waals surface area contributed by atoms with E-state index in [-0.39, 0.29) is 18.7 Å². The number of ether oxygens (including phenoxy) is 2. The van der Waals surface area contributed by atoms with Gasteiger partial charge in [-0.25, -0.2) is 0 Å². The SMILES string of the molecule is CC(=O)Oc1ccc2c(c1)CCC(Br)=C2c1ccc(O[C@@H](C)CN(C)CCCF)cc1. The number of alkyl halides is 1. The summed E-state index contributed by atoms with van der Waals surface area (Å²) >= 11 is 3.76. The number of nitrogens with zero attached hydrogens (tertiary/aromatic N) is 1. The molecular formula is C25H29BrFNO3. The zero-order valence-corrected chi connectivity index (χ0v) is 19.9. The zero-order chi connectivity index (χ0) is 22.4. The molecule has 0 aromatic heterocycles. The monoisotopic (exact) mass is 489 g/mol. The van der Waals surface area contributed by atoms with E-state index in [2.05, 4.69) is 33.0 Å². The van der Waals surface area contributed by atoms with Crippen molar-refractivity contribution in [1.29, 1.82) is 0 Å². The number of aryl methyl sites for hydroxylation is 1. The van der Waals surface area contributed by atoms with Gasteiger partial charge in [-0.3, -0.25) is 9.18 Å². The van der Waals surface area contributed by atoms with Gasteiger partial charge < -0.3 is 14.4 Å². The molecule has 2 aromatic carbocycles. The molecule has 0 unspecified atom stereocenters. The number of carbonyl (C=O) groups excluding carboxylic acids is 1. The van der Waals surface area contributed by atoms with Gasteiger partial charge in [0.2, 0.25) is 0 Å². The maximum Gasteiger partial charge on any atom is 0.308 e. The molecule has 0 aliphatic heterocycles. The van der Waals surface area contributed by atoms with Gasteiger partial charge in [0.1, 0.15) is 17.6 Å². The molecule has 0 bridgehead atoms. The van der Waals surface area contributed by atoms with Crippen molar-refractivity contribution in [3.8, 4) is 11.5 Å². The third kappa shape index (κ3) is 6.40. The summed E-state index contributed by atoms with van der Waals surface area (Å²) in [6.45, 7) is 4.62. The van der Waals surface area contributed by atoms with Crippen molar-refractivity contribution in [2.75, 3.05) is 26.8 Å². The first-order valence-corrected chi connectivity index (χ1v) is 11.4. The number of hydrogen-bond donors (Lipinski definition) is 0. The van der Waals surface area contributed by atoms with E-state index < -0.39 is 0 Å². The molecule has 4 nitrogen and oxygen atoms in total. The second-order valence-electron chi connectivity index (χ2n) is 7.95. The van der Waals surface area contributed by atoms with E-state index in [1.807, 2.05) is 44.3 Å². The Bertz CT molecular complexity index is 942. The summed E-state index contributed by atoms with van der Waals surface area (Å²) in [5, 5.41) is 0. The zero-order valence-electron chi connectivity index (χ0n) is 18.3. The summed E-state index contributed by atoms with van der Waals surface area (Å²) in [6, 6.07) is 13.9. The van der Waals surface area contributed by atoms with E-state index in [9.17, 15) is 9.18 Å². The Kier molecular flexibility index (Phi) is 8.27. The first-order chi connectivity index (χ1) is 14.9. The number of hydrogen-bond acceptors (Lipinski definition) is 4. The summed E-state index contributed by atoms with van der Waals surface area (Å²) in [5.74, 6) is 1.08. The quantitative estimate of drug-likeness (QED) is 0.331. The van der Waals surface area contributed by atoms with E-state index >= 15 is 0 Å². The second kappa shape index (κ2) is 10.9. The van der Waals surface area contributed by atoms with Crippen LogP contribution in [0.4, 0.5) is 4.39 Å². The van der Waals surface area contributed by atoms with Crippen molar-refractivity contribution < 1.29 is 18.7 Å². The molecule has 1 aliphatic carbocycles. The maximum atomic E-state index is 12.3. The predicted molar refractivity (Wildman–Crippen MR) is 126 cm³/mol. The second-order valence-corrected chi connectivity index (χ2v) is 8.91. The lowest BCUT2D eigenvalue weighted by atomic mass is 9.87. The molecule has 6 heteroatoms. The number of fused-ring (bicyclic) bond motifs is 1. The molecule has 1 atom stereocenters. The van der Waals surface area contributed by atoms with Gasteiger partial charge in [-0.15, -0.1) is 0 Å². The molecule has 0 N–H and O–H groups in total. The highest BCUT2D eigenvalue weighted by atomic mass is 79.9. The molecule has 2 aromatic rings. The molecule has 31 heavy (non-hydrogen) atoms. The van der Waals surface area contributed by atoms with E-state index in [1.165, 1.54) is 12.5 Å². The Morgan fingerprint density at radius 2 is 1.87 bits per heavy atom. The molecule has 0 fully saturated rings. The fourth-order valence-electron chi connectivity index (χ4n) is 3.91. The Morgan fingerprint density at radius 1 is 1.16 bits per heavy atom. The topological polar surface area (TPSA) is 38.8 Å². The van der Waals surface area contributed by atoms with Crippen LogP contribution >= 0.6 is 15.9 Å². The van der Waals surface area contributed by atoms with Crippen molar-refractivity contribution in [2.24, 2.45) is 0 Å². The summed E-state index contributed by atoms with van der Waals surface area (Å²) < 4.78 is 24.8. The van der Waals surface area contributed by atoms with Gasteiger partial charge in [-0.1, -0.05) is 34.1 Å². The third-order valence-corrected chi connectivity index (χ3v) is 6.01. The number of esters is 1. The maximum absolute atomic E-state index is 12.3. The van der Waals surface area contributed by atoms with E-state index in [0.29, 0.717) is 12.2 Å². The highest BCUT2D eigenvalue weighted by Gasteiger charge is 2.20. The highest BCUT2D eigenvalue weighted by molar-refractivity contribution is 9.11. The minimum Gasteiger partial charge on any atom is -0.489 e. The molecule has 0 saturated heterocycles. The van der Waals surface area contributed by atoms with Gasteiger partial charge in [-0.05, 0) is 79.8 Å². The fourth-order valence-corrected chi connectivity index (χ4v) is 4.55. The Morgan fingerprint density at radius 3 is 2.55 bits per heavy atom. The van der Waals surface area contributed by atoms with E-state index in [0.717, 1.165) is 52.9 Å². The van der Waals surface area contributed by atoms with Crippen LogP contribution < -0.4 is 9.47 Å². The van der Waals surface area contributed by atoms with Crippen LogP contribution in [0.5, 0.6) is 11.5 Å². The van der Waals surface area contributed by atoms with Gasteiger partial charge >= 0.3 is 5.97 Å². The number of carbonyl (C=O) groups is 1. The number of benzene rings is 2. The van der Waals surface area contributed by atoms with Gasteiger partial charge in [0.25, 0.3) is 0 Å².